The smallest absolute Gasteiger partial charge is 0.328 e. The van der Waals surface area contributed by atoms with E-state index >= 15 is 0 Å². The number of carboxylic acids is 1. The number of amides is 3. The van der Waals surface area contributed by atoms with Gasteiger partial charge in [0.15, 0.2) is 0 Å². The summed E-state index contributed by atoms with van der Waals surface area (Å²) in [5.74, 6) is -2.99. The fourth-order valence-corrected chi connectivity index (χ4v) is 5.69. The number of nitrogens with zero attached hydrogens (tertiary/aromatic N) is 1. The number of rotatable bonds is 12. The molecule has 0 saturated carbocycles. The summed E-state index contributed by atoms with van der Waals surface area (Å²) < 4.78 is 0. The molecule has 0 radical (unpaired) electrons. The highest BCUT2D eigenvalue weighted by Gasteiger charge is 2.30. The Hall–Kier alpha value is -5.09. The van der Waals surface area contributed by atoms with Crippen LogP contribution in [0.3, 0.4) is 0 Å². The molecule has 3 atom stereocenters. The maximum atomic E-state index is 13.6. The van der Waals surface area contributed by atoms with E-state index in [0.717, 1.165) is 41.6 Å². The van der Waals surface area contributed by atoms with E-state index in [-0.39, 0.29) is 19.4 Å². The third kappa shape index (κ3) is 7.90. The van der Waals surface area contributed by atoms with Crippen LogP contribution in [0.1, 0.15) is 45.6 Å². The van der Waals surface area contributed by atoms with Crippen LogP contribution in [0.4, 0.5) is 0 Å². The lowest BCUT2D eigenvalue weighted by molar-refractivity contribution is -0.142. The second kappa shape index (κ2) is 14.6. The molecule has 1 aliphatic carbocycles. The molecule has 0 fully saturated rings. The van der Waals surface area contributed by atoms with E-state index < -0.39 is 41.8 Å². The second-order valence-corrected chi connectivity index (χ2v) is 11.3. The Balaban J connectivity index is 1.30. The molecule has 10 heteroatoms. The SMILES string of the molecule is N[C@@H](Cc1ccccc1)C(=O)N[C@@H](Cc1ccccc1)C(=O)N[C@@H](CNC(=O)c1c2c(nc3ccccc13)CCCC2)C(=O)O. The number of carboxylic acid groups (broad SMARTS) is 1. The molecular formula is C35H37N5O5. The average molecular weight is 608 g/mol. The largest absolute Gasteiger partial charge is 0.480 e. The van der Waals surface area contributed by atoms with Crippen molar-refractivity contribution >= 4 is 34.6 Å². The Morgan fingerprint density at radius 3 is 2.04 bits per heavy atom. The lowest BCUT2D eigenvalue weighted by Gasteiger charge is -2.24. The Morgan fingerprint density at radius 2 is 1.36 bits per heavy atom. The summed E-state index contributed by atoms with van der Waals surface area (Å²) in [4.78, 5) is 57.2. The van der Waals surface area contributed by atoms with Gasteiger partial charge in [0.25, 0.3) is 5.91 Å². The quantitative estimate of drug-likeness (QED) is 0.165. The Labute approximate surface area is 261 Å². The molecule has 45 heavy (non-hydrogen) atoms. The van der Waals surface area contributed by atoms with Crippen LogP contribution in [0.2, 0.25) is 0 Å². The van der Waals surface area contributed by atoms with Crippen molar-refractivity contribution in [1.82, 2.24) is 20.9 Å². The molecule has 0 saturated heterocycles. The number of fused-ring (bicyclic) bond motifs is 2. The predicted molar refractivity (Wildman–Crippen MR) is 170 cm³/mol. The van der Waals surface area contributed by atoms with Gasteiger partial charge in [-0.1, -0.05) is 78.9 Å². The number of carbonyl (C=O) groups is 4. The molecule has 0 aliphatic heterocycles. The number of aryl methyl sites for hydroxylation is 1. The van der Waals surface area contributed by atoms with Gasteiger partial charge in [-0.2, -0.15) is 0 Å². The summed E-state index contributed by atoms with van der Waals surface area (Å²) in [5.41, 5.74) is 10.8. The third-order valence-corrected chi connectivity index (χ3v) is 8.03. The molecule has 1 aliphatic rings. The molecule has 5 rings (SSSR count). The number of nitrogens with one attached hydrogen (secondary N) is 3. The van der Waals surface area contributed by atoms with E-state index in [1.54, 1.807) is 0 Å². The molecule has 10 nitrogen and oxygen atoms in total. The van der Waals surface area contributed by atoms with Crippen molar-refractivity contribution in [2.24, 2.45) is 5.73 Å². The summed E-state index contributed by atoms with van der Waals surface area (Å²) >= 11 is 0. The zero-order valence-corrected chi connectivity index (χ0v) is 24.9. The number of hydrogen-bond acceptors (Lipinski definition) is 6. The van der Waals surface area contributed by atoms with Gasteiger partial charge in [-0.15, -0.1) is 0 Å². The molecule has 4 aromatic rings. The van der Waals surface area contributed by atoms with Gasteiger partial charge in [-0.05, 0) is 54.9 Å². The van der Waals surface area contributed by atoms with Crippen LogP contribution in [0, 0.1) is 0 Å². The summed E-state index contributed by atoms with van der Waals surface area (Å²) in [6, 6.07) is 22.3. The van der Waals surface area contributed by atoms with E-state index in [1.807, 2.05) is 84.9 Å². The predicted octanol–water partition coefficient (Wildman–Crippen LogP) is 2.71. The topological polar surface area (TPSA) is 164 Å². The highest BCUT2D eigenvalue weighted by Crippen LogP contribution is 2.29. The molecule has 6 N–H and O–H groups in total. The summed E-state index contributed by atoms with van der Waals surface area (Å²) in [7, 11) is 0. The fraction of sp³-hybridized carbons (Fsp3) is 0.286. The van der Waals surface area contributed by atoms with Crippen molar-refractivity contribution in [3.05, 3.63) is 113 Å². The Bertz CT molecular complexity index is 1680. The molecule has 0 spiro atoms. The Kier molecular flexibility index (Phi) is 10.2. The van der Waals surface area contributed by atoms with Crippen molar-refractivity contribution in [2.45, 2.75) is 56.7 Å². The van der Waals surface area contributed by atoms with E-state index in [9.17, 15) is 24.3 Å². The van der Waals surface area contributed by atoms with Gasteiger partial charge in [-0.25, -0.2) is 4.79 Å². The minimum Gasteiger partial charge on any atom is -0.480 e. The monoisotopic (exact) mass is 607 g/mol. The maximum absolute atomic E-state index is 13.6. The lowest BCUT2D eigenvalue weighted by atomic mass is 9.89. The van der Waals surface area contributed by atoms with Gasteiger partial charge in [0.1, 0.15) is 12.1 Å². The lowest BCUT2D eigenvalue weighted by Crippen LogP contribution is -2.57. The van der Waals surface area contributed by atoms with Crippen molar-refractivity contribution in [3.8, 4) is 0 Å². The summed E-state index contributed by atoms with van der Waals surface area (Å²) in [6.07, 6.45) is 3.79. The maximum Gasteiger partial charge on any atom is 0.328 e. The van der Waals surface area contributed by atoms with E-state index in [0.29, 0.717) is 22.9 Å². The molecule has 232 valence electrons. The first-order chi connectivity index (χ1) is 21.8. The molecule has 0 unspecified atom stereocenters. The van der Waals surface area contributed by atoms with Gasteiger partial charge in [0.2, 0.25) is 11.8 Å². The van der Waals surface area contributed by atoms with Gasteiger partial charge in [0, 0.05) is 24.0 Å². The zero-order valence-electron chi connectivity index (χ0n) is 24.9. The highest BCUT2D eigenvalue weighted by atomic mass is 16.4. The number of pyridine rings is 1. The van der Waals surface area contributed by atoms with Crippen molar-refractivity contribution in [1.29, 1.82) is 0 Å². The zero-order chi connectivity index (χ0) is 31.8. The van der Waals surface area contributed by atoms with Crippen LogP contribution in [0.5, 0.6) is 0 Å². The molecular weight excluding hydrogens is 570 g/mol. The van der Waals surface area contributed by atoms with Crippen molar-refractivity contribution < 1.29 is 24.3 Å². The van der Waals surface area contributed by atoms with E-state index in [1.165, 1.54) is 0 Å². The molecule has 3 amide bonds. The number of aromatic nitrogens is 1. The van der Waals surface area contributed by atoms with Gasteiger partial charge >= 0.3 is 5.97 Å². The number of carbonyl (C=O) groups excluding carboxylic acids is 3. The first kappa shape index (κ1) is 31.3. The van der Waals surface area contributed by atoms with Crippen LogP contribution < -0.4 is 21.7 Å². The molecule has 3 aromatic carbocycles. The van der Waals surface area contributed by atoms with Crippen LogP contribution in [-0.4, -0.2) is 58.5 Å². The minimum absolute atomic E-state index is 0.115. The summed E-state index contributed by atoms with van der Waals surface area (Å²) in [6.45, 7) is -0.356. The molecule has 0 bridgehead atoms. The number of para-hydroxylation sites is 1. The fourth-order valence-electron chi connectivity index (χ4n) is 5.69. The molecule has 1 heterocycles. The van der Waals surface area contributed by atoms with E-state index in [4.69, 9.17) is 10.7 Å². The van der Waals surface area contributed by atoms with Crippen LogP contribution >= 0.6 is 0 Å². The molecule has 1 aromatic heterocycles. The van der Waals surface area contributed by atoms with Crippen LogP contribution in [-0.2, 0) is 40.1 Å². The second-order valence-electron chi connectivity index (χ2n) is 11.3. The average Bonchev–Trinajstić information content (AvgIpc) is 3.05. The normalized spacial score (nSPS) is 14.4. The van der Waals surface area contributed by atoms with Crippen LogP contribution in [0.15, 0.2) is 84.9 Å². The number of hydrogen-bond donors (Lipinski definition) is 5. The van der Waals surface area contributed by atoms with E-state index in [2.05, 4.69) is 16.0 Å². The Morgan fingerprint density at radius 1 is 0.756 bits per heavy atom. The highest BCUT2D eigenvalue weighted by molar-refractivity contribution is 6.08. The van der Waals surface area contributed by atoms with Crippen molar-refractivity contribution in [3.63, 3.8) is 0 Å². The van der Waals surface area contributed by atoms with Gasteiger partial charge in [-0.3, -0.25) is 19.4 Å². The third-order valence-electron chi connectivity index (χ3n) is 8.03. The van der Waals surface area contributed by atoms with Gasteiger partial charge in [0.05, 0.1) is 17.1 Å². The minimum atomic E-state index is -1.45. The number of benzene rings is 3. The number of aliphatic carboxylic acids is 1. The van der Waals surface area contributed by atoms with Crippen LogP contribution in [0.25, 0.3) is 10.9 Å². The van der Waals surface area contributed by atoms with Gasteiger partial charge < -0.3 is 26.8 Å². The standard InChI is InChI=1S/C35H37N5O5/c36-26(19-22-11-3-1-4-12-22)32(41)39-29(20-23-13-5-2-6-14-23)33(42)40-30(35(44)45)21-37-34(43)31-24-15-7-9-17-27(24)38-28-18-10-8-16-25(28)31/h1-7,9,11-15,17,26,29-30H,8,10,16,18-21,36H2,(H,37,43)(H,39,41)(H,40,42)(H,44,45)/t26-,29-,30-/m0/s1. The number of nitrogens with two attached hydrogens (primary N) is 1. The first-order valence-corrected chi connectivity index (χ1v) is 15.2. The van der Waals surface area contributed by atoms with Crippen molar-refractivity contribution in [2.75, 3.05) is 6.54 Å². The summed E-state index contributed by atoms with van der Waals surface area (Å²) in [5, 5.41) is 18.7. The first-order valence-electron chi connectivity index (χ1n) is 15.2.